The zero-order valence-corrected chi connectivity index (χ0v) is 15.1. The summed E-state index contributed by atoms with van der Waals surface area (Å²) in [5.74, 6) is 1.02. The summed E-state index contributed by atoms with van der Waals surface area (Å²) in [6.45, 7) is 0. The molecule has 2 aromatic heterocycles. The van der Waals surface area contributed by atoms with Gasteiger partial charge in [0.1, 0.15) is 30.6 Å². The number of pyridine rings is 1. The van der Waals surface area contributed by atoms with Crippen LogP contribution >= 0.6 is 11.8 Å². The molecule has 0 unspecified atom stereocenters. The zero-order valence-electron chi connectivity index (χ0n) is 14.4. The molecule has 136 valence electrons. The maximum Gasteiger partial charge on any atom is 0.276 e. The molecule has 9 heteroatoms. The van der Waals surface area contributed by atoms with Crippen molar-refractivity contribution in [2.45, 2.75) is 37.8 Å². The molecule has 4 rings (SSSR count). The maximum atomic E-state index is 13.3. The summed E-state index contributed by atoms with van der Waals surface area (Å²) < 4.78 is 3.32. The molecule has 0 saturated heterocycles. The van der Waals surface area contributed by atoms with Gasteiger partial charge in [0, 0.05) is 18.0 Å². The van der Waals surface area contributed by atoms with Crippen LogP contribution in [0.5, 0.6) is 0 Å². The number of aromatic nitrogens is 3. The molecular weight excluding hydrogens is 356 g/mol. The van der Waals surface area contributed by atoms with Gasteiger partial charge in [-0.3, -0.25) is 9.36 Å². The molecule has 26 heavy (non-hydrogen) atoms. The molecule has 2 aliphatic rings. The van der Waals surface area contributed by atoms with Crippen molar-refractivity contribution in [1.29, 1.82) is 0 Å². The van der Waals surface area contributed by atoms with Crippen LogP contribution in [0.2, 0.25) is 0 Å². The van der Waals surface area contributed by atoms with E-state index in [1.807, 2.05) is 6.07 Å². The van der Waals surface area contributed by atoms with Crippen LogP contribution in [0.3, 0.4) is 0 Å². The second kappa shape index (κ2) is 6.60. The van der Waals surface area contributed by atoms with E-state index in [2.05, 4.69) is 20.4 Å². The van der Waals surface area contributed by atoms with Crippen LogP contribution in [-0.2, 0) is 10.5 Å². The monoisotopic (exact) mass is 374 g/mol. The van der Waals surface area contributed by atoms with Crippen LogP contribution in [0.1, 0.15) is 37.8 Å². The van der Waals surface area contributed by atoms with E-state index in [4.69, 9.17) is 16.6 Å². The third-order valence-corrected chi connectivity index (χ3v) is 5.43. The quantitative estimate of drug-likeness (QED) is 0.656. The van der Waals surface area contributed by atoms with E-state index in [0.29, 0.717) is 23.0 Å². The molecule has 0 aromatic carbocycles. The Balaban J connectivity index is 1.85. The van der Waals surface area contributed by atoms with Crippen molar-refractivity contribution >= 4 is 29.1 Å². The highest BCUT2D eigenvalue weighted by atomic mass is 35.5. The molecule has 0 radical (unpaired) electrons. The second-order valence-electron chi connectivity index (χ2n) is 6.41. The van der Waals surface area contributed by atoms with Gasteiger partial charge in [0.15, 0.2) is 0 Å². The number of fused-ring (bicyclic) bond motifs is 2. The van der Waals surface area contributed by atoms with Gasteiger partial charge in [-0.1, -0.05) is 11.6 Å². The van der Waals surface area contributed by atoms with Crippen molar-refractivity contribution in [3.05, 3.63) is 46.8 Å². The Kier molecular flexibility index (Phi) is 4.28. The molecule has 1 N–H and O–H groups in total. The van der Waals surface area contributed by atoms with E-state index >= 15 is 0 Å². The molecule has 1 fully saturated rings. The van der Waals surface area contributed by atoms with Crippen molar-refractivity contribution in [2.75, 3.05) is 12.4 Å². The minimum atomic E-state index is -0.618. The molecule has 1 spiro atoms. The fraction of sp³-hybridized carbons (Fsp3) is 0.412. The van der Waals surface area contributed by atoms with E-state index < -0.39 is 5.66 Å². The average molecular weight is 375 g/mol. The minimum Gasteiger partial charge on any atom is -0.397 e. The van der Waals surface area contributed by atoms with Crippen LogP contribution in [-0.4, -0.2) is 31.9 Å². The lowest BCUT2D eigenvalue weighted by Gasteiger charge is -2.39. The Labute approximate surface area is 155 Å². The van der Waals surface area contributed by atoms with Crippen molar-refractivity contribution in [3.8, 4) is 0 Å². The first-order chi connectivity index (χ1) is 12.7. The molecule has 1 aliphatic heterocycles. The summed E-state index contributed by atoms with van der Waals surface area (Å²) in [4.78, 5) is 26.3. The number of hydrogen-bond donors (Lipinski definition) is 1. The summed E-state index contributed by atoms with van der Waals surface area (Å²) in [6, 6.07) is 5.26. The first-order valence-electron chi connectivity index (χ1n) is 8.54. The summed E-state index contributed by atoms with van der Waals surface area (Å²) >= 11 is 6.66. The van der Waals surface area contributed by atoms with Gasteiger partial charge >= 0.3 is 0 Å². The van der Waals surface area contributed by atoms with Crippen LogP contribution < -0.4 is 10.9 Å². The number of hydrogen-bond acceptors (Lipinski definition) is 6. The third kappa shape index (κ3) is 2.52. The average Bonchev–Trinajstić information content (AvgIpc) is 2.89. The van der Waals surface area contributed by atoms with Crippen molar-refractivity contribution in [3.63, 3.8) is 0 Å². The summed E-state index contributed by atoms with van der Waals surface area (Å²) in [5.41, 5.74) is 0.311. The Bertz CT molecular complexity index is 892. The molecule has 1 saturated carbocycles. The van der Waals surface area contributed by atoms with E-state index in [9.17, 15) is 4.79 Å². The Hall–Kier alpha value is -2.61. The third-order valence-electron chi connectivity index (χ3n) is 4.96. The Morgan fingerprint density at radius 1 is 1.27 bits per heavy atom. The van der Waals surface area contributed by atoms with Gasteiger partial charge in [0.05, 0.1) is 5.69 Å². The van der Waals surface area contributed by atoms with Crippen LogP contribution in [0.25, 0.3) is 0 Å². The molecule has 1 aliphatic carbocycles. The maximum absolute atomic E-state index is 13.3. The van der Waals surface area contributed by atoms with Gasteiger partial charge in [-0.05, 0) is 43.9 Å². The molecule has 0 amide bonds. The van der Waals surface area contributed by atoms with Crippen molar-refractivity contribution in [2.24, 2.45) is 5.16 Å². The lowest BCUT2D eigenvalue weighted by atomic mass is 9.89. The summed E-state index contributed by atoms with van der Waals surface area (Å²) in [6.07, 6.45) is 7.74. The SMILES string of the molecule is CON=C1c2ccc(Nc3ccncn3)c(=O)n2C2(CCCCC2)N1Cl. The summed E-state index contributed by atoms with van der Waals surface area (Å²) in [7, 11) is 1.47. The molecule has 0 atom stereocenters. The Morgan fingerprint density at radius 2 is 2.08 bits per heavy atom. The molecule has 0 bridgehead atoms. The topological polar surface area (TPSA) is 84.6 Å². The molecule has 3 heterocycles. The molecule has 2 aromatic rings. The lowest BCUT2D eigenvalue weighted by Crippen LogP contribution is -2.47. The first-order valence-corrected chi connectivity index (χ1v) is 8.88. The summed E-state index contributed by atoms with van der Waals surface area (Å²) in [5, 5.41) is 7.13. The van der Waals surface area contributed by atoms with Gasteiger partial charge in [0.25, 0.3) is 5.56 Å². The van der Waals surface area contributed by atoms with E-state index in [-0.39, 0.29) is 5.56 Å². The van der Waals surface area contributed by atoms with Crippen LogP contribution in [0.15, 0.2) is 40.7 Å². The van der Waals surface area contributed by atoms with Crippen molar-refractivity contribution < 1.29 is 4.84 Å². The smallest absolute Gasteiger partial charge is 0.276 e. The largest absolute Gasteiger partial charge is 0.397 e. The minimum absolute atomic E-state index is 0.157. The fourth-order valence-corrected chi connectivity index (χ4v) is 4.18. The number of anilines is 2. The highest BCUT2D eigenvalue weighted by Gasteiger charge is 2.50. The number of amidine groups is 1. The normalized spacial score (nSPS) is 19.6. The zero-order chi connectivity index (χ0) is 18.1. The van der Waals surface area contributed by atoms with Gasteiger partial charge in [-0.2, -0.15) is 0 Å². The van der Waals surface area contributed by atoms with Gasteiger partial charge in [-0.15, -0.1) is 0 Å². The van der Waals surface area contributed by atoms with Crippen molar-refractivity contribution in [1.82, 2.24) is 19.0 Å². The van der Waals surface area contributed by atoms with Crippen LogP contribution in [0.4, 0.5) is 11.5 Å². The number of nitrogens with zero attached hydrogens (tertiary/aromatic N) is 5. The fourth-order valence-electron chi connectivity index (χ4n) is 3.82. The highest BCUT2D eigenvalue weighted by molar-refractivity contribution is 6.26. The van der Waals surface area contributed by atoms with Gasteiger partial charge in [0.2, 0.25) is 5.84 Å². The van der Waals surface area contributed by atoms with Gasteiger partial charge < -0.3 is 10.2 Å². The lowest BCUT2D eigenvalue weighted by molar-refractivity contribution is 0.109. The number of halogens is 1. The molecular formula is C17H19ClN6O2. The van der Waals surface area contributed by atoms with E-state index in [0.717, 1.165) is 32.1 Å². The number of nitrogens with one attached hydrogen (secondary N) is 1. The standard InChI is InChI=1S/C17H19ClN6O2/c1-26-22-15-13-6-5-12(21-14-7-10-19-11-20-14)16(25)23(13)17(24(15)18)8-3-2-4-9-17/h5-7,10-11H,2-4,8-9H2,1H3,(H,19,20,21). The van der Waals surface area contributed by atoms with Crippen LogP contribution in [0, 0.1) is 0 Å². The highest BCUT2D eigenvalue weighted by Crippen LogP contribution is 2.44. The van der Waals surface area contributed by atoms with Gasteiger partial charge in [-0.25, -0.2) is 14.4 Å². The predicted octanol–water partition coefficient (Wildman–Crippen LogP) is 2.78. The Morgan fingerprint density at radius 3 is 2.77 bits per heavy atom. The first kappa shape index (κ1) is 16.8. The second-order valence-corrected chi connectivity index (χ2v) is 6.75. The van der Waals surface area contributed by atoms with E-state index in [1.165, 1.54) is 13.4 Å². The molecule has 8 nitrogen and oxygen atoms in total. The predicted molar refractivity (Wildman–Crippen MR) is 98.3 cm³/mol. The number of oxime groups is 1. The number of rotatable bonds is 3. The van der Waals surface area contributed by atoms with E-state index in [1.54, 1.807) is 27.3 Å².